The van der Waals surface area contributed by atoms with Crippen LogP contribution < -0.4 is 22.3 Å². The summed E-state index contributed by atoms with van der Waals surface area (Å²) in [6, 6.07) is 7.05. The predicted molar refractivity (Wildman–Crippen MR) is 124 cm³/mol. The highest BCUT2D eigenvalue weighted by molar-refractivity contribution is 5.82. The molecule has 6 N–H and O–H groups in total. The van der Waals surface area contributed by atoms with Gasteiger partial charge in [-0.05, 0) is 24.8 Å². The molecular formula is C22H20F2N10O. The summed E-state index contributed by atoms with van der Waals surface area (Å²) in [6.07, 6.45) is 1.16. The molecule has 3 heterocycles. The van der Waals surface area contributed by atoms with Gasteiger partial charge in [0.1, 0.15) is 29.1 Å². The van der Waals surface area contributed by atoms with E-state index < -0.39 is 23.6 Å². The Kier molecular flexibility index (Phi) is 5.48. The second-order valence-electron chi connectivity index (χ2n) is 8.21. The Morgan fingerprint density at radius 1 is 1.20 bits per heavy atom. The molecule has 0 amide bonds. The normalized spacial score (nSPS) is 14.6. The van der Waals surface area contributed by atoms with Crippen molar-refractivity contribution in [3.05, 3.63) is 57.8 Å². The zero-order valence-electron chi connectivity index (χ0n) is 18.2. The number of nitriles is 1. The number of halogens is 2. The number of H-pyrrole nitrogens is 1. The maximum absolute atomic E-state index is 13.8. The molecule has 11 nitrogen and oxygen atoms in total. The van der Waals surface area contributed by atoms with Crippen molar-refractivity contribution in [2.24, 2.45) is 5.92 Å². The quantitative estimate of drug-likeness (QED) is 0.324. The fourth-order valence-electron chi connectivity index (χ4n) is 4.29. The van der Waals surface area contributed by atoms with E-state index in [-0.39, 0.29) is 51.6 Å². The maximum atomic E-state index is 13.8. The first-order chi connectivity index (χ1) is 16.9. The van der Waals surface area contributed by atoms with Crippen molar-refractivity contribution in [1.29, 1.82) is 5.26 Å². The first-order valence-corrected chi connectivity index (χ1v) is 10.8. The molecule has 178 valence electrons. The number of nitrogen functional groups attached to an aromatic ring is 2. The van der Waals surface area contributed by atoms with Crippen molar-refractivity contribution in [3.8, 4) is 11.9 Å². The van der Waals surface area contributed by atoms with Gasteiger partial charge in [0.05, 0.1) is 23.1 Å². The number of anilines is 3. The second kappa shape index (κ2) is 8.64. The lowest BCUT2D eigenvalue weighted by molar-refractivity contribution is 0.153. The molecule has 35 heavy (non-hydrogen) atoms. The van der Waals surface area contributed by atoms with E-state index in [1.54, 1.807) is 6.07 Å². The number of alkyl halides is 2. The number of hydrogen-bond acceptors (Lipinski definition) is 9. The number of rotatable bonds is 6. The molecular weight excluding hydrogens is 458 g/mol. The third-order valence-corrected chi connectivity index (χ3v) is 6.18. The summed E-state index contributed by atoms with van der Waals surface area (Å²) in [5.41, 5.74) is 10.7. The molecule has 1 aromatic carbocycles. The molecule has 0 bridgehead atoms. The van der Waals surface area contributed by atoms with Crippen molar-refractivity contribution in [2.75, 3.05) is 16.8 Å². The third-order valence-electron chi connectivity index (χ3n) is 6.18. The van der Waals surface area contributed by atoms with Crippen LogP contribution in [0.2, 0.25) is 0 Å². The molecule has 0 saturated heterocycles. The summed E-state index contributed by atoms with van der Waals surface area (Å²) in [4.78, 5) is 26.3. The van der Waals surface area contributed by atoms with Crippen LogP contribution in [0.3, 0.4) is 0 Å². The molecule has 0 radical (unpaired) electrons. The van der Waals surface area contributed by atoms with Gasteiger partial charge in [-0.25, -0.2) is 18.3 Å². The van der Waals surface area contributed by atoms with Crippen LogP contribution in [0.25, 0.3) is 16.7 Å². The highest BCUT2D eigenvalue weighted by Crippen LogP contribution is 2.40. The molecule has 1 saturated carbocycles. The Morgan fingerprint density at radius 2 is 2.00 bits per heavy atom. The number of nitrogens with two attached hydrogens (primary N) is 2. The first-order valence-electron chi connectivity index (χ1n) is 10.8. The number of hydrogen-bond donors (Lipinski definition) is 4. The topological polar surface area (TPSA) is 177 Å². The van der Waals surface area contributed by atoms with Crippen LogP contribution in [-0.2, 0) is 0 Å². The fourth-order valence-corrected chi connectivity index (χ4v) is 4.29. The van der Waals surface area contributed by atoms with E-state index in [1.165, 1.54) is 29.0 Å². The average Bonchev–Trinajstić information content (AvgIpc) is 3.31. The van der Waals surface area contributed by atoms with Gasteiger partial charge < -0.3 is 16.8 Å². The molecule has 1 fully saturated rings. The van der Waals surface area contributed by atoms with Gasteiger partial charge in [-0.2, -0.15) is 20.3 Å². The molecule has 13 heteroatoms. The zero-order valence-corrected chi connectivity index (χ0v) is 18.2. The molecule has 0 spiro atoms. The molecule has 1 aliphatic rings. The Bertz CT molecular complexity index is 1510. The lowest BCUT2D eigenvalue weighted by Gasteiger charge is -2.35. The standard InChI is InChI=1S/C22H20F2N10O/c23-17(24)11-5-2-6-13-15(11)21(35)34(14-7-8-28-33-14)20(29-13)16(10-3-1-4-10)30-19-12(9-25)18(26)31-22(27)32-19/h2,5-8,10,16-17H,1,3-4H2,(H,28,33)(H5,26,27,30,31,32). The minimum Gasteiger partial charge on any atom is -0.382 e. The van der Waals surface area contributed by atoms with Crippen LogP contribution in [0.15, 0.2) is 35.3 Å². The molecule has 1 aliphatic carbocycles. The SMILES string of the molecule is N#Cc1c(N)nc(N)nc1NC(c1nc2cccc(C(F)F)c2c(=O)n1-c1ccn[nH]1)C1CCC1. The van der Waals surface area contributed by atoms with E-state index in [0.29, 0.717) is 0 Å². The number of nitrogens with zero attached hydrogens (tertiary/aromatic N) is 6. The zero-order chi connectivity index (χ0) is 24.7. The molecule has 5 rings (SSSR count). The van der Waals surface area contributed by atoms with Gasteiger partial charge in [-0.1, -0.05) is 18.6 Å². The monoisotopic (exact) mass is 478 g/mol. The number of aromatic nitrogens is 6. The number of benzene rings is 1. The summed E-state index contributed by atoms with van der Waals surface area (Å²) >= 11 is 0. The Hall–Kier alpha value is -4.60. The minimum absolute atomic E-state index is 0.000244. The van der Waals surface area contributed by atoms with Gasteiger partial charge in [-0.15, -0.1) is 0 Å². The van der Waals surface area contributed by atoms with E-state index in [0.717, 1.165) is 19.3 Å². The molecule has 1 unspecified atom stereocenters. The summed E-state index contributed by atoms with van der Waals surface area (Å²) in [5, 5.41) is 19.3. The van der Waals surface area contributed by atoms with E-state index in [9.17, 15) is 18.8 Å². The second-order valence-corrected chi connectivity index (χ2v) is 8.21. The van der Waals surface area contributed by atoms with E-state index >= 15 is 0 Å². The highest BCUT2D eigenvalue weighted by Gasteiger charge is 2.34. The van der Waals surface area contributed by atoms with Gasteiger partial charge in [0.15, 0.2) is 5.82 Å². The minimum atomic E-state index is -2.86. The van der Waals surface area contributed by atoms with Crippen molar-refractivity contribution >= 4 is 28.5 Å². The van der Waals surface area contributed by atoms with Gasteiger partial charge >= 0.3 is 0 Å². The van der Waals surface area contributed by atoms with Crippen LogP contribution >= 0.6 is 0 Å². The van der Waals surface area contributed by atoms with Crippen LogP contribution in [0.4, 0.5) is 26.4 Å². The third kappa shape index (κ3) is 3.78. The summed E-state index contributed by atoms with van der Waals surface area (Å²) < 4.78 is 28.8. The lowest BCUT2D eigenvalue weighted by atomic mass is 9.79. The van der Waals surface area contributed by atoms with Gasteiger partial charge in [0.25, 0.3) is 12.0 Å². The van der Waals surface area contributed by atoms with E-state index in [2.05, 4.69) is 30.5 Å². The summed E-state index contributed by atoms with van der Waals surface area (Å²) in [7, 11) is 0. The molecule has 1 atom stereocenters. The molecule has 0 aliphatic heterocycles. The van der Waals surface area contributed by atoms with Crippen LogP contribution in [0.5, 0.6) is 0 Å². The Morgan fingerprint density at radius 3 is 2.63 bits per heavy atom. The van der Waals surface area contributed by atoms with E-state index in [1.807, 2.05) is 6.07 Å². The largest absolute Gasteiger partial charge is 0.382 e. The van der Waals surface area contributed by atoms with Crippen molar-refractivity contribution in [2.45, 2.75) is 31.7 Å². The lowest BCUT2D eigenvalue weighted by Crippen LogP contribution is -2.35. The number of aromatic amines is 1. The maximum Gasteiger partial charge on any atom is 0.267 e. The highest BCUT2D eigenvalue weighted by atomic mass is 19.3. The van der Waals surface area contributed by atoms with E-state index in [4.69, 9.17) is 11.5 Å². The van der Waals surface area contributed by atoms with Gasteiger partial charge in [-0.3, -0.25) is 9.89 Å². The van der Waals surface area contributed by atoms with Gasteiger partial charge in [0, 0.05) is 11.6 Å². The van der Waals surface area contributed by atoms with Crippen molar-refractivity contribution in [3.63, 3.8) is 0 Å². The van der Waals surface area contributed by atoms with Crippen molar-refractivity contribution < 1.29 is 8.78 Å². The van der Waals surface area contributed by atoms with Crippen LogP contribution in [-0.4, -0.2) is 29.7 Å². The summed E-state index contributed by atoms with van der Waals surface area (Å²) in [5.74, 6) is 0.403. The fraction of sp³-hybridized carbons (Fsp3) is 0.273. The Labute approximate surface area is 196 Å². The van der Waals surface area contributed by atoms with Crippen LogP contribution in [0, 0.1) is 17.2 Å². The predicted octanol–water partition coefficient (Wildman–Crippen LogP) is 2.83. The van der Waals surface area contributed by atoms with Crippen LogP contribution in [0.1, 0.15) is 48.7 Å². The number of fused-ring (bicyclic) bond motifs is 1. The molecule has 4 aromatic rings. The average molecular weight is 478 g/mol. The smallest absolute Gasteiger partial charge is 0.267 e. The molecule has 3 aromatic heterocycles. The Balaban J connectivity index is 1.77. The number of nitrogens with one attached hydrogen (secondary N) is 2. The van der Waals surface area contributed by atoms with Gasteiger partial charge in [0.2, 0.25) is 5.95 Å². The summed E-state index contributed by atoms with van der Waals surface area (Å²) in [6.45, 7) is 0. The van der Waals surface area contributed by atoms with Crippen molar-refractivity contribution in [1.82, 2.24) is 29.7 Å². The first kappa shape index (κ1) is 22.2.